The van der Waals surface area contributed by atoms with Gasteiger partial charge in [0.15, 0.2) is 5.65 Å². The zero-order valence-electron chi connectivity index (χ0n) is 17.7. The van der Waals surface area contributed by atoms with Crippen LogP contribution in [0.25, 0.3) is 16.9 Å². The Morgan fingerprint density at radius 1 is 0.758 bits per heavy atom. The maximum absolute atomic E-state index is 11.1. The molecule has 0 aliphatic heterocycles. The van der Waals surface area contributed by atoms with Crippen LogP contribution in [0.5, 0.6) is 5.88 Å². The van der Waals surface area contributed by atoms with Crippen molar-refractivity contribution in [2.45, 2.75) is 12.8 Å². The summed E-state index contributed by atoms with van der Waals surface area (Å²) < 4.78 is 1.69. The van der Waals surface area contributed by atoms with Gasteiger partial charge in [-0.1, -0.05) is 72.8 Å². The summed E-state index contributed by atoms with van der Waals surface area (Å²) in [6.45, 7) is 0. The van der Waals surface area contributed by atoms with Gasteiger partial charge in [-0.15, -0.1) is 0 Å². The Labute approximate surface area is 190 Å². The summed E-state index contributed by atoms with van der Waals surface area (Å²) in [5.74, 6) is -0.914. The lowest BCUT2D eigenvalue weighted by molar-refractivity contribution is 0.0697. The first-order chi connectivity index (χ1) is 16.1. The standard InChI is InChI=1S/C27H21N3O3/c31-26-23(16-19-11-13-21(14-12-19)27(32)33)29-25-22(15-18-7-3-1-4-8-18)28-24(17-30(25)26)20-9-5-2-6-10-20/h1-14,17,31H,15-16H2,(H,32,33). The van der Waals surface area contributed by atoms with Gasteiger partial charge in [-0.3, -0.25) is 4.40 Å². The summed E-state index contributed by atoms with van der Waals surface area (Å²) in [5, 5.41) is 20.1. The average molecular weight is 435 g/mol. The van der Waals surface area contributed by atoms with E-state index in [2.05, 4.69) is 0 Å². The van der Waals surface area contributed by atoms with Gasteiger partial charge in [0.1, 0.15) is 5.69 Å². The van der Waals surface area contributed by atoms with Crippen molar-refractivity contribution < 1.29 is 15.0 Å². The molecule has 0 aliphatic carbocycles. The predicted octanol–water partition coefficient (Wildman–Crippen LogP) is 4.98. The summed E-state index contributed by atoms with van der Waals surface area (Å²) in [6.07, 6.45) is 2.76. The number of fused-ring (bicyclic) bond motifs is 1. The molecule has 2 aromatic heterocycles. The maximum Gasteiger partial charge on any atom is 0.335 e. The van der Waals surface area contributed by atoms with Gasteiger partial charge in [0, 0.05) is 24.6 Å². The molecule has 3 aromatic carbocycles. The van der Waals surface area contributed by atoms with E-state index in [1.807, 2.05) is 60.7 Å². The third-order valence-corrected chi connectivity index (χ3v) is 5.58. The van der Waals surface area contributed by atoms with Gasteiger partial charge in [0.25, 0.3) is 0 Å². The van der Waals surface area contributed by atoms with Gasteiger partial charge in [-0.25, -0.2) is 14.8 Å². The summed E-state index contributed by atoms with van der Waals surface area (Å²) in [4.78, 5) is 20.7. The fraction of sp³-hybridized carbons (Fsp3) is 0.0741. The van der Waals surface area contributed by atoms with Gasteiger partial charge in [0.2, 0.25) is 5.88 Å². The van der Waals surface area contributed by atoms with Crippen molar-refractivity contribution in [1.29, 1.82) is 0 Å². The Bertz CT molecular complexity index is 1430. The van der Waals surface area contributed by atoms with E-state index in [4.69, 9.17) is 15.1 Å². The quantitative estimate of drug-likeness (QED) is 0.393. The summed E-state index contributed by atoms with van der Waals surface area (Å²) in [7, 11) is 0. The van der Waals surface area contributed by atoms with E-state index in [0.29, 0.717) is 24.2 Å². The van der Waals surface area contributed by atoms with Crippen LogP contribution in [-0.4, -0.2) is 30.6 Å². The highest BCUT2D eigenvalue weighted by molar-refractivity contribution is 5.87. The normalized spacial score (nSPS) is 11.0. The fourth-order valence-electron chi connectivity index (χ4n) is 3.88. The zero-order valence-corrected chi connectivity index (χ0v) is 17.7. The number of carbonyl (C=O) groups is 1. The Morgan fingerprint density at radius 2 is 1.36 bits per heavy atom. The number of benzene rings is 3. The molecule has 6 heteroatoms. The van der Waals surface area contributed by atoms with Gasteiger partial charge in [-0.2, -0.15) is 0 Å². The minimum absolute atomic E-state index is 0.0567. The smallest absolute Gasteiger partial charge is 0.335 e. The number of hydrogen-bond donors (Lipinski definition) is 2. The number of imidazole rings is 1. The molecule has 0 radical (unpaired) electrons. The molecule has 2 N–H and O–H groups in total. The monoisotopic (exact) mass is 435 g/mol. The first-order valence-electron chi connectivity index (χ1n) is 10.6. The largest absolute Gasteiger partial charge is 0.493 e. The summed E-state index contributed by atoms with van der Waals surface area (Å²) in [6, 6.07) is 26.5. The third-order valence-electron chi connectivity index (χ3n) is 5.58. The minimum Gasteiger partial charge on any atom is -0.493 e. The maximum atomic E-state index is 11.1. The Hall–Kier alpha value is -4.45. The first kappa shape index (κ1) is 20.5. The Morgan fingerprint density at radius 3 is 2.03 bits per heavy atom. The van der Waals surface area contributed by atoms with E-state index in [9.17, 15) is 9.90 Å². The molecule has 5 aromatic rings. The van der Waals surface area contributed by atoms with Crippen LogP contribution >= 0.6 is 0 Å². The molecule has 0 atom stereocenters. The number of nitrogens with zero attached hydrogens (tertiary/aromatic N) is 3. The molecule has 0 bridgehead atoms. The van der Waals surface area contributed by atoms with Crippen LogP contribution in [0.15, 0.2) is 91.1 Å². The van der Waals surface area contributed by atoms with Gasteiger partial charge in [0.05, 0.1) is 17.0 Å². The summed E-state index contributed by atoms with van der Waals surface area (Å²) >= 11 is 0. The van der Waals surface area contributed by atoms with Crippen molar-refractivity contribution >= 4 is 11.6 Å². The van der Waals surface area contributed by atoms with Crippen LogP contribution in [-0.2, 0) is 12.8 Å². The number of carboxylic acid groups (broad SMARTS) is 1. The molecule has 0 aliphatic rings. The van der Waals surface area contributed by atoms with Crippen molar-refractivity contribution in [2.24, 2.45) is 0 Å². The third kappa shape index (κ3) is 4.19. The van der Waals surface area contributed by atoms with Crippen LogP contribution in [0.1, 0.15) is 32.9 Å². The number of aromatic nitrogens is 3. The minimum atomic E-state index is -0.970. The van der Waals surface area contributed by atoms with E-state index in [1.54, 1.807) is 34.9 Å². The predicted molar refractivity (Wildman–Crippen MR) is 126 cm³/mol. The number of carboxylic acids is 1. The Kier molecular flexibility index (Phi) is 5.32. The number of aromatic carboxylic acids is 1. The molecule has 0 unspecified atom stereocenters. The molecule has 5 rings (SSSR count). The second kappa shape index (κ2) is 8.59. The summed E-state index contributed by atoms with van der Waals surface area (Å²) in [5.41, 5.74) is 5.77. The topological polar surface area (TPSA) is 87.7 Å². The highest BCUT2D eigenvalue weighted by atomic mass is 16.4. The lowest BCUT2D eigenvalue weighted by Gasteiger charge is -2.08. The first-order valence-corrected chi connectivity index (χ1v) is 10.6. The molecule has 0 fully saturated rings. The van der Waals surface area contributed by atoms with E-state index < -0.39 is 5.97 Å². The van der Waals surface area contributed by atoms with E-state index in [-0.39, 0.29) is 11.4 Å². The molecule has 0 saturated heterocycles. The second-order valence-corrected chi connectivity index (χ2v) is 7.86. The van der Waals surface area contributed by atoms with Crippen LogP contribution < -0.4 is 0 Å². The molecule has 6 nitrogen and oxygen atoms in total. The molecule has 162 valence electrons. The van der Waals surface area contributed by atoms with Crippen LogP contribution in [0.3, 0.4) is 0 Å². The molecule has 0 spiro atoms. The highest BCUT2D eigenvalue weighted by Crippen LogP contribution is 2.28. The molecular weight excluding hydrogens is 414 g/mol. The molecule has 2 heterocycles. The van der Waals surface area contributed by atoms with Gasteiger partial charge >= 0.3 is 5.97 Å². The van der Waals surface area contributed by atoms with Crippen LogP contribution in [0.2, 0.25) is 0 Å². The van der Waals surface area contributed by atoms with Crippen molar-refractivity contribution in [3.63, 3.8) is 0 Å². The van der Waals surface area contributed by atoms with Crippen molar-refractivity contribution in [3.05, 3.63) is 119 Å². The van der Waals surface area contributed by atoms with E-state index >= 15 is 0 Å². The average Bonchev–Trinajstić information content (AvgIpc) is 3.16. The van der Waals surface area contributed by atoms with Crippen molar-refractivity contribution in [2.75, 3.05) is 0 Å². The van der Waals surface area contributed by atoms with Gasteiger partial charge in [-0.05, 0) is 23.3 Å². The number of aromatic hydroxyl groups is 1. The number of hydrogen-bond acceptors (Lipinski definition) is 4. The second-order valence-electron chi connectivity index (χ2n) is 7.86. The zero-order chi connectivity index (χ0) is 22.8. The number of rotatable bonds is 6. The molecule has 0 amide bonds. The lowest BCUT2D eigenvalue weighted by Crippen LogP contribution is -2.00. The molecule has 33 heavy (non-hydrogen) atoms. The lowest BCUT2D eigenvalue weighted by atomic mass is 10.1. The highest BCUT2D eigenvalue weighted by Gasteiger charge is 2.18. The van der Waals surface area contributed by atoms with Crippen LogP contribution in [0, 0.1) is 0 Å². The van der Waals surface area contributed by atoms with Crippen molar-refractivity contribution in [1.82, 2.24) is 14.4 Å². The van der Waals surface area contributed by atoms with Crippen molar-refractivity contribution in [3.8, 4) is 17.1 Å². The van der Waals surface area contributed by atoms with E-state index in [0.717, 1.165) is 28.1 Å². The Balaban J connectivity index is 1.60. The fourth-order valence-corrected chi connectivity index (χ4v) is 3.88. The van der Waals surface area contributed by atoms with Crippen LogP contribution in [0.4, 0.5) is 0 Å². The van der Waals surface area contributed by atoms with E-state index in [1.165, 1.54) is 0 Å². The molecular formula is C27H21N3O3. The van der Waals surface area contributed by atoms with Gasteiger partial charge < -0.3 is 10.2 Å². The SMILES string of the molecule is O=C(O)c1ccc(Cc2nc3c(Cc4ccccc4)nc(-c4ccccc4)cn3c2O)cc1. The molecule has 0 saturated carbocycles.